The van der Waals surface area contributed by atoms with Crippen molar-refractivity contribution < 1.29 is 27.3 Å². The monoisotopic (exact) mass is 334 g/mol. The van der Waals surface area contributed by atoms with Crippen LogP contribution in [0.25, 0.3) is 10.7 Å². The average molecular weight is 334 g/mol. The van der Waals surface area contributed by atoms with Gasteiger partial charge >= 0.3 is 23.9 Å². The number of alkyl halides is 3. The summed E-state index contributed by atoms with van der Waals surface area (Å²) in [5.74, 6) is -3.59. The molecule has 0 unspecified atom stereocenters. The molecule has 0 fully saturated rings. The largest absolute Gasteiger partial charge is 0.471 e. The number of halogens is 3. The Morgan fingerprint density at radius 2 is 2.09 bits per heavy atom. The van der Waals surface area contributed by atoms with Crippen LogP contribution in [0.4, 0.5) is 13.2 Å². The summed E-state index contributed by atoms with van der Waals surface area (Å²) in [6.45, 7) is 0.0798. The van der Waals surface area contributed by atoms with Gasteiger partial charge < -0.3 is 15.2 Å². The lowest BCUT2D eigenvalue weighted by atomic mass is 10.4. The lowest BCUT2D eigenvalue weighted by Gasteiger charge is -2.13. The molecule has 2 aromatic heterocycles. The van der Waals surface area contributed by atoms with Crippen molar-refractivity contribution in [3.05, 3.63) is 22.9 Å². The molecule has 22 heavy (non-hydrogen) atoms. The molecule has 2 amide bonds. The first kappa shape index (κ1) is 15.9. The minimum Gasteiger partial charge on any atom is -0.361 e. The zero-order valence-corrected chi connectivity index (χ0v) is 11.9. The van der Waals surface area contributed by atoms with E-state index in [0.717, 1.165) is 16.2 Å². The Labute approximate surface area is 125 Å². The molecular formula is C11H9F3N4O3S. The number of carbonyl (C=O) groups is 2. The molecule has 0 saturated carbocycles. The van der Waals surface area contributed by atoms with Crippen molar-refractivity contribution in [2.75, 3.05) is 7.05 Å². The zero-order chi connectivity index (χ0) is 16.5. The normalized spacial score (nSPS) is 11.5. The molecule has 2 rings (SSSR count). The number of rotatable bonds is 3. The van der Waals surface area contributed by atoms with Gasteiger partial charge in [-0.15, -0.1) is 11.3 Å². The molecule has 2 N–H and O–H groups in total. The first-order chi connectivity index (χ1) is 10.2. The van der Waals surface area contributed by atoms with Crippen LogP contribution in [0.1, 0.15) is 10.8 Å². The minimum atomic E-state index is -4.71. The second-order valence-electron chi connectivity index (χ2n) is 4.21. The van der Waals surface area contributed by atoms with E-state index in [2.05, 4.69) is 14.7 Å². The second-order valence-corrected chi connectivity index (χ2v) is 5.38. The standard InChI is InChI=1S/C11H9F3N4O3S/c1-18(9(20)7(15)19)4-5-2-3-6(22-5)8-16-10(21-17-8)11(12,13)14/h2-3H,4H2,1H3,(H2,15,19). The lowest BCUT2D eigenvalue weighted by Crippen LogP contribution is -2.36. The maximum Gasteiger partial charge on any atom is 0.471 e. The van der Waals surface area contributed by atoms with Crippen LogP contribution >= 0.6 is 11.3 Å². The van der Waals surface area contributed by atoms with Crippen LogP contribution in [0.3, 0.4) is 0 Å². The highest BCUT2D eigenvalue weighted by Crippen LogP contribution is 2.31. The Morgan fingerprint density at radius 1 is 1.41 bits per heavy atom. The molecule has 0 aliphatic heterocycles. The Bertz CT molecular complexity index is 710. The van der Waals surface area contributed by atoms with Crippen LogP contribution in [0, 0.1) is 0 Å². The third-order valence-electron chi connectivity index (χ3n) is 2.50. The van der Waals surface area contributed by atoms with Crippen molar-refractivity contribution >= 4 is 23.2 Å². The highest BCUT2D eigenvalue weighted by atomic mass is 32.1. The molecule has 0 aliphatic carbocycles. The molecule has 2 heterocycles. The lowest BCUT2D eigenvalue weighted by molar-refractivity contribution is -0.159. The number of nitrogens with two attached hydrogens (primary N) is 1. The average Bonchev–Trinajstić information content (AvgIpc) is 3.04. The minimum absolute atomic E-state index is 0.0798. The van der Waals surface area contributed by atoms with Crippen LogP contribution in [-0.2, 0) is 22.3 Å². The Morgan fingerprint density at radius 3 is 2.64 bits per heavy atom. The van der Waals surface area contributed by atoms with Crippen LogP contribution in [0.5, 0.6) is 0 Å². The van der Waals surface area contributed by atoms with Gasteiger partial charge in [0, 0.05) is 11.9 Å². The van der Waals surface area contributed by atoms with E-state index in [1.165, 1.54) is 13.1 Å². The van der Waals surface area contributed by atoms with Crippen LogP contribution in [0.15, 0.2) is 16.7 Å². The maximum absolute atomic E-state index is 12.4. The van der Waals surface area contributed by atoms with Gasteiger partial charge in [-0.3, -0.25) is 9.59 Å². The van der Waals surface area contributed by atoms with E-state index in [0.29, 0.717) is 9.75 Å². The van der Waals surface area contributed by atoms with Crippen molar-refractivity contribution in [2.24, 2.45) is 5.73 Å². The van der Waals surface area contributed by atoms with E-state index in [9.17, 15) is 22.8 Å². The van der Waals surface area contributed by atoms with E-state index in [-0.39, 0.29) is 12.4 Å². The predicted octanol–water partition coefficient (Wildman–Crippen LogP) is 1.26. The predicted molar refractivity (Wildman–Crippen MR) is 68.3 cm³/mol. The topological polar surface area (TPSA) is 102 Å². The van der Waals surface area contributed by atoms with Crippen LogP contribution in [0.2, 0.25) is 0 Å². The number of likely N-dealkylation sites (N-methyl/N-ethyl adjacent to an activating group) is 1. The van der Waals surface area contributed by atoms with Crippen molar-refractivity contribution in [1.29, 1.82) is 0 Å². The van der Waals surface area contributed by atoms with E-state index in [1.807, 2.05) is 0 Å². The summed E-state index contributed by atoms with van der Waals surface area (Å²) in [6, 6.07) is 3.07. The molecule has 7 nitrogen and oxygen atoms in total. The Kier molecular flexibility index (Phi) is 4.17. The van der Waals surface area contributed by atoms with Gasteiger partial charge in [0.1, 0.15) is 0 Å². The summed E-state index contributed by atoms with van der Waals surface area (Å²) >= 11 is 1.07. The Hall–Kier alpha value is -2.43. The number of nitrogens with zero attached hydrogens (tertiary/aromatic N) is 3. The number of hydrogen-bond donors (Lipinski definition) is 1. The van der Waals surface area contributed by atoms with Crippen molar-refractivity contribution in [3.63, 3.8) is 0 Å². The van der Waals surface area contributed by atoms with E-state index in [4.69, 9.17) is 5.73 Å². The van der Waals surface area contributed by atoms with Crippen LogP contribution < -0.4 is 5.73 Å². The fourth-order valence-electron chi connectivity index (χ4n) is 1.52. The third kappa shape index (κ3) is 3.42. The maximum atomic E-state index is 12.4. The molecule has 0 aromatic carbocycles. The molecule has 0 atom stereocenters. The molecule has 0 bridgehead atoms. The molecule has 0 radical (unpaired) electrons. The highest BCUT2D eigenvalue weighted by Gasteiger charge is 2.38. The summed E-state index contributed by atoms with van der Waals surface area (Å²) in [5.41, 5.74) is 4.86. The number of carbonyl (C=O) groups excluding carboxylic acids is 2. The fraction of sp³-hybridized carbons (Fsp3) is 0.273. The van der Waals surface area contributed by atoms with Crippen molar-refractivity contribution in [1.82, 2.24) is 15.0 Å². The number of aromatic nitrogens is 2. The molecule has 118 valence electrons. The molecule has 2 aromatic rings. The fourth-order valence-corrected chi connectivity index (χ4v) is 2.50. The zero-order valence-electron chi connectivity index (χ0n) is 11.0. The van der Waals surface area contributed by atoms with Gasteiger partial charge in [-0.2, -0.15) is 18.2 Å². The summed E-state index contributed by atoms with van der Waals surface area (Å²) < 4.78 is 41.3. The van der Waals surface area contributed by atoms with Gasteiger partial charge in [0.2, 0.25) is 5.82 Å². The SMILES string of the molecule is CN(Cc1ccc(-c2noc(C(F)(F)F)n2)s1)C(=O)C(N)=O. The number of primary amides is 1. The van der Waals surface area contributed by atoms with Gasteiger partial charge in [0.25, 0.3) is 0 Å². The van der Waals surface area contributed by atoms with E-state index < -0.39 is 23.9 Å². The summed E-state index contributed by atoms with van der Waals surface area (Å²) in [7, 11) is 1.38. The molecular weight excluding hydrogens is 325 g/mol. The highest BCUT2D eigenvalue weighted by molar-refractivity contribution is 7.15. The van der Waals surface area contributed by atoms with Crippen LogP contribution in [-0.4, -0.2) is 33.9 Å². The molecule has 0 aliphatic rings. The third-order valence-corrected chi connectivity index (χ3v) is 3.57. The number of hydrogen-bond acceptors (Lipinski definition) is 6. The molecule has 11 heteroatoms. The second kappa shape index (κ2) is 5.75. The van der Waals surface area contributed by atoms with Gasteiger partial charge in [-0.1, -0.05) is 5.16 Å². The molecule has 0 saturated heterocycles. The number of thiophene rings is 1. The smallest absolute Gasteiger partial charge is 0.361 e. The van der Waals surface area contributed by atoms with E-state index in [1.54, 1.807) is 6.07 Å². The Balaban J connectivity index is 2.13. The van der Waals surface area contributed by atoms with Gasteiger partial charge in [0.05, 0.1) is 11.4 Å². The van der Waals surface area contributed by atoms with Gasteiger partial charge in [-0.25, -0.2) is 0 Å². The van der Waals surface area contributed by atoms with Crippen molar-refractivity contribution in [3.8, 4) is 10.7 Å². The summed E-state index contributed by atoms with van der Waals surface area (Å²) in [5, 5.41) is 3.26. The van der Waals surface area contributed by atoms with E-state index >= 15 is 0 Å². The quantitative estimate of drug-likeness (QED) is 0.851. The summed E-state index contributed by atoms with van der Waals surface area (Å²) in [6.07, 6.45) is -4.71. The summed E-state index contributed by atoms with van der Waals surface area (Å²) in [4.78, 5) is 27.4. The van der Waals surface area contributed by atoms with Gasteiger partial charge in [0.15, 0.2) is 0 Å². The first-order valence-corrected chi connectivity index (χ1v) is 6.55. The van der Waals surface area contributed by atoms with Gasteiger partial charge in [-0.05, 0) is 12.1 Å². The number of amides is 2. The first-order valence-electron chi connectivity index (χ1n) is 5.73. The molecule has 0 spiro atoms. The van der Waals surface area contributed by atoms with Crippen molar-refractivity contribution in [2.45, 2.75) is 12.7 Å².